The van der Waals surface area contributed by atoms with Crippen molar-refractivity contribution in [3.05, 3.63) is 12.2 Å². The van der Waals surface area contributed by atoms with Crippen LogP contribution in [0.15, 0.2) is 10.9 Å². The number of aromatic nitrogens is 2. The molecule has 5 nitrogen and oxygen atoms in total. The third kappa shape index (κ3) is 1.12. The Hall–Kier alpha value is -0.940. The zero-order chi connectivity index (χ0) is 7.68. The van der Waals surface area contributed by atoms with E-state index in [1.54, 1.807) is 0 Å². The van der Waals surface area contributed by atoms with Crippen LogP contribution in [-0.2, 0) is 4.74 Å². The molecular formula is C6H9N3O2. The van der Waals surface area contributed by atoms with Crippen LogP contribution in [0.4, 0.5) is 0 Å². The highest BCUT2D eigenvalue weighted by Gasteiger charge is 2.30. The molecule has 1 saturated heterocycles. The zero-order valence-corrected chi connectivity index (χ0v) is 5.93. The molecule has 0 spiro atoms. The van der Waals surface area contributed by atoms with E-state index < -0.39 is 0 Å². The molecule has 5 heteroatoms. The molecule has 0 amide bonds. The highest BCUT2D eigenvalue weighted by molar-refractivity contribution is 4.98. The van der Waals surface area contributed by atoms with Gasteiger partial charge in [-0.25, -0.2) is 0 Å². The molecule has 2 atom stereocenters. The number of nitrogens with zero attached hydrogens (tertiary/aromatic N) is 2. The average Bonchev–Trinajstić information content (AvgIpc) is 2.55. The molecule has 60 valence electrons. The van der Waals surface area contributed by atoms with Gasteiger partial charge in [-0.2, -0.15) is 4.98 Å². The van der Waals surface area contributed by atoms with Gasteiger partial charge < -0.3 is 15.0 Å². The van der Waals surface area contributed by atoms with E-state index in [9.17, 15) is 0 Å². The molecule has 0 saturated carbocycles. The Bertz CT molecular complexity index is 224. The van der Waals surface area contributed by atoms with E-state index in [1.807, 2.05) is 0 Å². The summed E-state index contributed by atoms with van der Waals surface area (Å²) in [6.45, 7) is 1.16. The van der Waals surface area contributed by atoms with E-state index >= 15 is 0 Å². The lowest BCUT2D eigenvalue weighted by Crippen LogP contribution is -2.26. The van der Waals surface area contributed by atoms with Gasteiger partial charge in [0.15, 0.2) is 6.33 Å². The molecule has 1 aliphatic rings. The second-order valence-electron chi connectivity index (χ2n) is 2.59. The summed E-state index contributed by atoms with van der Waals surface area (Å²) in [6.07, 6.45) is 1.38. The lowest BCUT2D eigenvalue weighted by atomic mass is 10.1. The minimum atomic E-state index is -0.00421. The van der Waals surface area contributed by atoms with Crippen molar-refractivity contribution in [2.24, 2.45) is 5.73 Å². The Morgan fingerprint density at radius 2 is 2.45 bits per heavy atom. The summed E-state index contributed by atoms with van der Waals surface area (Å²) in [6, 6.07) is -0.00421. The van der Waals surface area contributed by atoms with Crippen molar-refractivity contribution >= 4 is 0 Å². The summed E-state index contributed by atoms with van der Waals surface area (Å²) in [4.78, 5) is 3.91. The van der Waals surface area contributed by atoms with Gasteiger partial charge in [-0.3, -0.25) is 0 Å². The number of ether oxygens (including phenoxy) is 1. The third-order valence-electron chi connectivity index (χ3n) is 1.82. The van der Waals surface area contributed by atoms with Gasteiger partial charge in [0.25, 0.3) is 0 Å². The van der Waals surface area contributed by atoms with Gasteiger partial charge in [0.05, 0.1) is 19.1 Å². The lowest BCUT2D eigenvalue weighted by molar-refractivity contribution is 0.187. The van der Waals surface area contributed by atoms with Crippen LogP contribution >= 0.6 is 0 Å². The highest BCUT2D eigenvalue weighted by Crippen LogP contribution is 2.21. The number of rotatable bonds is 1. The fourth-order valence-corrected chi connectivity index (χ4v) is 1.17. The van der Waals surface area contributed by atoms with Crippen LogP contribution in [0.1, 0.15) is 11.8 Å². The summed E-state index contributed by atoms with van der Waals surface area (Å²) < 4.78 is 10.0. The molecule has 0 aliphatic carbocycles. The summed E-state index contributed by atoms with van der Waals surface area (Å²) in [5, 5.41) is 3.50. The van der Waals surface area contributed by atoms with Crippen molar-refractivity contribution in [3.63, 3.8) is 0 Å². The number of hydrogen-bond acceptors (Lipinski definition) is 5. The molecule has 1 aliphatic heterocycles. The van der Waals surface area contributed by atoms with Gasteiger partial charge in [0.1, 0.15) is 0 Å². The maximum Gasteiger partial charge on any atom is 0.233 e. The Morgan fingerprint density at radius 3 is 3.00 bits per heavy atom. The summed E-state index contributed by atoms with van der Waals surface area (Å²) >= 11 is 0. The molecule has 1 aromatic heterocycles. The second-order valence-corrected chi connectivity index (χ2v) is 2.59. The van der Waals surface area contributed by atoms with Gasteiger partial charge in [-0.05, 0) is 0 Å². The van der Waals surface area contributed by atoms with Crippen molar-refractivity contribution in [3.8, 4) is 0 Å². The Kier molecular flexibility index (Phi) is 1.59. The summed E-state index contributed by atoms with van der Waals surface area (Å²) in [5.74, 6) is 0.660. The van der Waals surface area contributed by atoms with Crippen LogP contribution in [0.5, 0.6) is 0 Å². The predicted octanol–water partition coefficient (Wildman–Crippen LogP) is -0.489. The quantitative estimate of drug-likeness (QED) is 0.592. The van der Waals surface area contributed by atoms with E-state index in [0.717, 1.165) is 0 Å². The van der Waals surface area contributed by atoms with Crippen molar-refractivity contribution < 1.29 is 9.26 Å². The molecule has 2 heterocycles. The zero-order valence-electron chi connectivity index (χ0n) is 5.93. The molecule has 0 bridgehead atoms. The molecule has 2 rings (SSSR count). The van der Waals surface area contributed by atoms with Crippen molar-refractivity contribution in [1.29, 1.82) is 0 Å². The first kappa shape index (κ1) is 6.75. The van der Waals surface area contributed by atoms with E-state index in [4.69, 9.17) is 15.0 Å². The molecule has 0 aromatic carbocycles. The second kappa shape index (κ2) is 2.60. The van der Waals surface area contributed by atoms with E-state index in [2.05, 4.69) is 10.1 Å². The average molecular weight is 155 g/mol. The normalized spacial score (nSPS) is 31.0. The highest BCUT2D eigenvalue weighted by atomic mass is 16.5. The van der Waals surface area contributed by atoms with Crippen molar-refractivity contribution in [2.45, 2.75) is 12.0 Å². The maximum atomic E-state index is 5.72. The molecule has 2 N–H and O–H groups in total. The van der Waals surface area contributed by atoms with Gasteiger partial charge in [-0.15, -0.1) is 0 Å². The van der Waals surface area contributed by atoms with Crippen molar-refractivity contribution in [2.75, 3.05) is 13.2 Å². The SMILES string of the molecule is NC1COCC1c1ncno1. The van der Waals surface area contributed by atoms with Crippen LogP contribution in [0.25, 0.3) is 0 Å². The van der Waals surface area contributed by atoms with Crippen LogP contribution in [0.3, 0.4) is 0 Å². The summed E-state index contributed by atoms with van der Waals surface area (Å²) in [7, 11) is 0. The van der Waals surface area contributed by atoms with E-state index in [1.165, 1.54) is 6.33 Å². The molecular weight excluding hydrogens is 146 g/mol. The lowest BCUT2D eigenvalue weighted by Gasteiger charge is -2.05. The molecule has 2 unspecified atom stereocenters. The Morgan fingerprint density at radius 1 is 1.55 bits per heavy atom. The van der Waals surface area contributed by atoms with Crippen LogP contribution in [0.2, 0.25) is 0 Å². The monoisotopic (exact) mass is 155 g/mol. The minimum Gasteiger partial charge on any atom is -0.379 e. The van der Waals surface area contributed by atoms with Gasteiger partial charge in [0, 0.05) is 6.04 Å². The standard InChI is InChI=1S/C6H9N3O2/c7-5-2-10-1-4(5)6-8-3-9-11-6/h3-5H,1-2,7H2. The fourth-order valence-electron chi connectivity index (χ4n) is 1.17. The summed E-state index contributed by atoms with van der Waals surface area (Å²) in [5.41, 5.74) is 5.72. The number of nitrogens with two attached hydrogens (primary N) is 1. The van der Waals surface area contributed by atoms with Crippen LogP contribution < -0.4 is 5.73 Å². The van der Waals surface area contributed by atoms with Gasteiger partial charge in [0.2, 0.25) is 5.89 Å². The first-order valence-electron chi connectivity index (χ1n) is 3.48. The topological polar surface area (TPSA) is 74.2 Å². The van der Waals surface area contributed by atoms with Gasteiger partial charge in [-0.1, -0.05) is 5.16 Å². The smallest absolute Gasteiger partial charge is 0.233 e. The molecule has 11 heavy (non-hydrogen) atoms. The number of hydrogen-bond donors (Lipinski definition) is 1. The van der Waals surface area contributed by atoms with Crippen LogP contribution in [0, 0.1) is 0 Å². The first-order valence-corrected chi connectivity index (χ1v) is 3.48. The first-order chi connectivity index (χ1) is 5.38. The minimum absolute atomic E-state index is 0.00421. The Balaban J connectivity index is 2.16. The third-order valence-corrected chi connectivity index (χ3v) is 1.82. The van der Waals surface area contributed by atoms with Crippen LogP contribution in [-0.4, -0.2) is 29.4 Å². The molecule has 1 aromatic rings. The fraction of sp³-hybridized carbons (Fsp3) is 0.667. The largest absolute Gasteiger partial charge is 0.379 e. The van der Waals surface area contributed by atoms with E-state index in [-0.39, 0.29) is 12.0 Å². The molecule has 1 fully saturated rings. The maximum absolute atomic E-state index is 5.72. The predicted molar refractivity (Wildman–Crippen MR) is 35.8 cm³/mol. The van der Waals surface area contributed by atoms with Gasteiger partial charge >= 0.3 is 0 Å². The Labute approximate surface area is 63.5 Å². The van der Waals surface area contributed by atoms with E-state index in [0.29, 0.717) is 19.1 Å². The molecule has 0 radical (unpaired) electrons. The van der Waals surface area contributed by atoms with Crippen molar-refractivity contribution in [1.82, 2.24) is 10.1 Å².